The Morgan fingerprint density at radius 2 is 1.77 bits per heavy atom. The Kier molecular flexibility index (Phi) is 7.67. The van der Waals surface area contributed by atoms with Gasteiger partial charge in [-0.2, -0.15) is 0 Å². The third-order valence-corrected chi connectivity index (χ3v) is 8.76. The maximum atomic E-state index is 13.7. The first-order valence-electron chi connectivity index (χ1n) is 14.5. The first-order valence-corrected chi connectivity index (χ1v) is 14.5. The summed E-state index contributed by atoms with van der Waals surface area (Å²) in [6.45, 7) is 8.42. The van der Waals surface area contributed by atoms with Crippen LogP contribution in [-0.2, 0) is 6.54 Å². The van der Waals surface area contributed by atoms with Crippen LogP contribution >= 0.6 is 0 Å². The van der Waals surface area contributed by atoms with E-state index in [0.717, 1.165) is 79.2 Å². The molecule has 4 aromatic rings. The molecule has 2 aromatic heterocycles. The lowest BCUT2D eigenvalue weighted by molar-refractivity contribution is 0.0982. The van der Waals surface area contributed by atoms with Crippen LogP contribution in [0.5, 0.6) is 5.75 Å². The van der Waals surface area contributed by atoms with Crippen molar-refractivity contribution in [3.05, 3.63) is 80.9 Å². The summed E-state index contributed by atoms with van der Waals surface area (Å²) in [4.78, 5) is 21.8. The number of piperazine rings is 1. The number of H-pyrrole nitrogens is 1. The molecule has 9 heteroatoms. The van der Waals surface area contributed by atoms with Gasteiger partial charge in [0.05, 0.1) is 18.7 Å². The second kappa shape index (κ2) is 11.5. The fourth-order valence-corrected chi connectivity index (χ4v) is 6.47. The smallest absolute Gasteiger partial charge is 0.253 e. The summed E-state index contributed by atoms with van der Waals surface area (Å²) in [5.41, 5.74) is 5.01. The Balaban J connectivity index is 1.34. The van der Waals surface area contributed by atoms with E-state index >= 15 is 0 Å². The Hall–Kier alpha value is -3.56. The zero-order chi connectivity index (χ0) is 27.6. The highest BCUT2D eigenvalue weighted by Gasteiger charge is 2.34. The third kappa shape index (κ3) is 5.28. The Labute approximate surface area is 235 Å². The minimum absolute atomic E-state index is 0.0665. The minimum atomic E-state index is -0.316. The third-order valence-electron chi connectivity index (χ3n) is 8.76. The molecule has 0 bridgehead atoms. The number of ether oxygens (including phenoxy) is 1. The number of aryl methyl sites for hydroxylation is 2. The highest BCUT2D eigenvalue weighted by Crippen LogP contribution is 2.34. The van der Waals surface area contributed by atoms with E-state index in [0.29, 0.717) is 5.56 Å². The number of nitrogens with zero attached hydrogens (tertiary/aromatic N) is 6. The molecule has 1 atom stereocenters. The monoisotopic (exact) mass is 541 g/mol. The summed E-state index contributed by atoms with van der Waals surface area (Å²) in [6, 6.07) is 14.5. The predicted octanol–water partition coefficient (Wildman–Crippen LogP) is 4.55. The maximum Gasteiger partial charge on any atom is 0.253 e. The SMILES string of the molecule is COc1cccc(CN2CCN(C(c3cc4c(C)ccc(C)c4[nH]c3=O)c3nnnn3C3CCCCC3)CC2)c1. The fourth-order valence-electron chi connectivity index (χ4n) is 6.47. The first kappa shape index (κ1) is 26.7. The molecule has 6 rings (SSSR count). The average molecular weight is 542 g/mol. The molecule has 40 heavy (non-hydrogen) atoms. The molecule has 1 aliphatic carbocycles. The standard InChI is InChI=1S/C31H39N7O2/c1-21-12-13-22(2)28-26(21)19-27(31(39)32-28)29(30-33-34-35-38(30)24-9-5-4-6-10-24)37-16-14-36(15-17-37)20-23-8-7-11-25(18-23)40-3/h7-8,11-13,18-19,24,29H,4-6,9-10,14-17,20H2,1-3H3,(H,32,39). The van der Waals surface area contributed by atoms with Crippen LogP contribution < -0.4 is 10.3 Å². The van der Waals surface area contributed by atoms with Crippen molar-refractivity contribution in [3.8, 4) is 5.75 Å². The van der Waals surface area contributed by atoms with Gasteiger partial charge in [0.1, 0.15) is 11.8 Å². The van der Waals surface area contributed by atoms with E-state index in [2.05, 4.69) is 67.6 Å². The van der Waals surface area contributed by atoms with Crippen molar-refractivity contribution in [2.24, 2.45) is 0 Å². The number of tetrazole rings is 1. The fraction of sp³-hybridized carbons (Fsp3) is 0.484. The van der Waals surface area contributed by atoms with E-state index < -0.39 is 0 Å². The summed E-state index contributed by atoms with van der Waals surface area (Å²) in [5, 5.41) is 14.3. The van der Waals surface area contributed by atoms with Gasteiger partial charge in [-0.15, -0.1) is 5.10 Å². The number of aromatic amines is 1. The number of hydrogen-bond acceptors (Lipinski definition) is 7. The van der Waals surface area contributed by atoms with Crippen molar-refractivity contribution in [2.45, 2.75) is 64.6 Å². The molecule has 1 unspecified atom stereocenters. The zero-order valence-corrected chi connectivity index (χ0v) is 23.8. The van der Waals surface area contributed by atoms with Gasteiger partial charge in [-0.1, -0.05) is 43.5 Å². The van der Waals surface area contributed by atoms with Crippen LogP contribution in [-0.4, -0.2) is 68.3 Å². The minimum Gasteiger partial charge on any atom is -0.497 e. The van der Waals surface area contributed by atoms with Crippen LogP contribution in [0.15, 0.2) is 47.3 Å². The van der Waals surface area contributed by atoms with Crippen molar-refractivity contribution in [3.63, 3.8) is 0 Å². The molecule has 0 spiro atoms. The number of aromatic nitrogens is 5. The van der Waals surface area contributed by atoms with Crippen molar-refractivity contribution in [1.29, 1.82) is 0 Å². The van der Waals surface area contributed by atoms with Gasteiger partial charge < -0.3 is 9.72 Å². The molecule has 1 saturated heterocycles. The largest absolute Gasteiger partial charge is 0.497 e. The van der Waals surface area contributed by atoms with Crippen molar-refractivity contribution < 1.29 is 4.74 Å². The van der Waals surface area contributed by atoms with E-state index in [4.69, 9.17) is 4.74 Å². The van der Waals surface area contributed by atoms with Crippen LogP contribution in [0.25, 0.3) is 10.9 Å². The Morgan fingerprint density at radius 3 is 2.55 bits per heavy atom. The molecule has 1 N–H and O–H groups in total. The molecule has 9 nitrogen and oxygen atoms in total. The maximum absolute atomic E-state index is 13.7. The first-order chi connectivity index (χ1) is 19.5. The van der Waals surface area contributed by atoms with Gasteiger partial charge in [0.2, 0.25) is 0 Å². The van der Waals surface area contributed by atoms with Crippen LogP contribution in [0, 0.1) is 13.8 Å². The van der Waals surface area contributed by atoms with Gasteiger partial charge in [0.25, 0.3) is 5.56 Å². The molecule has 2 fully saturated rings. The van der Waals surface area contributed by atoms with E-state index in [1.54, 1.807) is 7.11 Å². The molecule has 0 radical (unpaired) electrons. The number of fused-ring (bicyclic) bond motifs is 1. The Morgan fingerprint density at radius 1 is 1.00 bits per heavy atom. The molecule has 3 heterocycles. The van der Waals surface area contributed by atoms with Crippen molar-refractivity contribution >= 4 is 10.9 Å². The number of nitrogens with one attached hydrogen (secondary N) is 1. The number of methoxy groups -OCH3 is 1. The quantitative estimate of drug-likeness (QED) is 0.367. The molecule has 2 aliphatic rings. The van der Waals surface area contributed by atoms with Gasteiger partial charge in [-0.05, 0) is 72.0 Å². The molecule has 210 valence electrons. The van der Waals surface area contributed by atoms with E-state index in [9.17, 15) is 4.79 Å². The van der Waals surface area contributed by atoms with Crippen LogP contribution in [0.4, 0.5) is 0 Å². The second-order valence-corrected chi connectivity index (χ2v) is 11.4. The molecular formula is C31H39N7O2. The number of rotatable bonds is 7. The highest BCUT2D eigenvalue weighted by atomic mass is 16.5. The topological polar surface area (TPSA) is 92.2 Å². The summed E-state index contributed by atoms with van der Waals surface area (Å²) in [7, 11) is 1.70. The van der Waals surface area contributed by atoms with Gasteiger partial charge in [0.15, 0.2) is 5.82 Å². The van der Waals surface area contributed by atoms with Crippen LogP contribution in [0.3, 0.4) is 0 Å². The van der Waals surface area contributed by atoms with Gasteiger partial charge in [0, 0.05) is 43.7 Å². The van der Waals surface area contributed by atoms with Crippen LogP contribution in [0.2, 0.25) is 0 Å². The predicted molar refractivity (Wildman–Crippen MR) is 156 cm³/mol. The van der Waals surface area contributed by atoms with E-state index in [1.165, 1.54) is 24.8 Å². The van der Waals surface area contributed by atoms with Crippen LogP contribution in [0.1, 0.15) is 72.3 Å². The molecule has 0 amide bonds. The highest BCUT2D eigenvalue weighted by molar-refractivity contribution is 5.85. The zero-order valence-electron chi connectivity index (χ0n) is 23.8. The second-order valence-electron chi connectivity index (χ2n) is 11.4. The summed E-state index contributed by atoms with van der Waals surface area (Å²) in [5.74, 6) is 1.66. The van der Waals surface area contributed by atoms with Crippen molar-refractivity contribution in [1.82, 2.24) is 35.0 Å². The molecule has 1 aliphatic heterocycles. The Bertz CT molecular complexity index is 1530. The average Bonchev–Trinajstić information content (AvgIpc) is 3.47. The lowest BCUT2D eigenvalue weighted by Gasteiger charge is -2.39. The van der Waals surface area contributed by atoms with Gasteiger partial charge in [-0.25, -0.2) is 4.68 Å². The van der Waals surface area contributed by atoms with Gasteiger partial charge in [-0.3, -0.25) is 14.6 Å². The summed E-state index contributed by atoms with van der Waals surface area (Å²) in [6.07, 6.45) is 5.78. The molecule has 1 saturated carbocycles. The van der Waals surface area contributed by atoms with Crippen molar-refractivity contribution in [2.75, 3.05) is 33.3 Å². The van der Waals surface area contributed by atoms with E-state index in [-0.39, 0.29) is 17.6 Å². The normalized spacial score (nSPS) is 18.3. The lowest BCUT2D eigenvalue weighted by Crippen LogP contribution is -2.48. The summed E-state index contributed by atoms with van der Waals surface area (Å²) < 4.78 is 7.45. The van der Waals surface area contributed by atoms with E-state index in [1.807, 2.05) is 23.7 Å². The summed E-state index contributed by atoms with van der Waals surface area (Å²) >= 11 is 0. The van der Waals surface area contributed by atoms with Gasteiger partial charge >= 0.3 is 0 Å². The number of hydrogen-bond donors (Lipinski definition) is 1. The lowest BCUT2D eigenvalue weighted by atomic mass is 9.94. The molecule has 2 aromatic carbocycles. The molecular weight excluding hydrogens is 502 g/mol. The number of benzene rings is 2. The number of pyridine rings is 1.